The maximum absolute atomic E-state index is 10.4. The number of carboxylic acid groups (broad SMARTS) is 1. The Hall–Kier alpha value is -0.990. The normalized spacial score (nSPS) is 11.4. The maximum Gasteiger partial charge on any atom is 0.332 e. The second kappa shape index (κ2) is 7.65. The number of rotatable bonds is 7. The van der Waals surface area contributed by atoms with Crippen LogP contribution in [0.25, 0.3) is 0 Å². The van der Waals surface area contributed by atoms with Crippen molar-refractivity contribution in [1.29, 1.82) is 0 Å². The molecule has 0 spiro atoms. The fourth-order valence-corrected chi connectivity index (χ4v) is 0.941. The van der Waals surface area contributed by atoms with Gasteiger partial charge in [0.2, 0.25) is 0 Å². The van der Waals surface area contributed by atoms with Crippen molar-refractivity contribution >= 4 is 5.97 Å². The van der Waals surface area contributed by atoms with Crippen molar-refractivity contribution < 1.29 is 9.90 Å². The molecule has 0 saturated carbocycles. The molecule has 0 unspecified atom stereocenters. The van der Waals surface area contributed by atoms with Gasteiger partial charge in [0.15, 0.2) is 0 Å². The third-order valence-corrected chi connectivity index (χ3v) is 1.83. The second-order valence-electron chi connectivity index (χ2n) is 3.15. The number of carbonyl (C=O) groups is 1. The van der Waals surface area contributed by atoms with E-state index in [2.05, 4.69) is 12.2 Å². The first-order valence-electron chi connectivity index (χ1n) is 4.82. The summed E-state index contributed by atoms with van der Waals surface area (Å²) in [6, 6.07) is 0. The molecule has 0 radical (unpaired) electrons. The van der Waals surface area contributed by atoms with Crippen LogP contribution in [-0.4, -0.2) is 17.6 Å². The van der Waals surface area contributed by atoms with E-state index in [9.17, 15) is 4.79 Å². The number of hydrogen-bond donors (Lipinski definition) is 2. The number of carboxylic acids is 1. The average Bonchev–Trinajstić information content (AvgIpc) is 2.10. The average molecular weight is 185 g/mol. The third-order valence-electron chi connectivity index (χ3n) is 1.83. The predicted octanol–water partition coefficient (Wildman–Crippen LogP) is 2.14. The minimum absolute atomic E-state index is 0.357. The van der Waals surface area contributed by atoms with Gasteiger partial charge < -0.3 is 10.4 Å². The second-order valence-corrected chi connectivity index (χ2v) is 3.15. The third kappa shape index (κ3) is 7.37. The standard InChI is InChI=1S/C10H19NO2/c1-3-4-5-6-7-11-8-9(2)10(12)13/h8,11H,3-7H2,1-2H3,(H,12,13)/b9-8+. The summed E-state index contributed by atoms with van der Waals surface area (Å²) < 4.78 is 0. The molecule has 0 rings (SSSR count). The van der Waals surface area contributed by atoms with E-state index in [0.717, 1.165) is 13.0 Å². The van der Waals surface area contributed by atoms with Crippen molar-refractivity contribution in [1.82, 2.24) is 5.32 Å². The zero-order chi connectivity index (χ0) is 10.1. The first-order valence-corrected chi connectivity index (χ1v) is 4.82. The van der Waals surface area contributed by atoms with Crippen LogP contribution in [0.2, 0.25) is 0 Å². The molecule has 0 heterocycles. The molecule has 0 saturated heterocycles. The number of unbranched alkanes of at least 4 members (excludes halogenated alkanes) is 3. The molecule has 2 N–H and O–H groups in total. The Morgan fingerprint density at radius 2 is 2.08 bits per heavy atom. The van der Waals surface area contributed by atoms with Gasteiger partial charge in [0, 0.05) is 18.3 Å². The largest absolute Gasteiger partial charge is 0.478 e. The monoisotopic (exact) mass is 185 g/mol. The molecule has 0 aliphatic heterocycles. The van der Waals surface area contributed by atoms with E-state index >= 15 is 0 Å². The van der Waals surface area contributed by atoms with Gasteiger partial charge in [-0.1, -0.05) is 26.2 Å². The SMILES string of the molecule is CCCCCCN/C=C(\C)C(=O)O. The Bertz CT molecular complexity index is 176. The Morgan fingerprint density at radius 1 is 1.38 bits per heavy atom. The quantitative estimate of drug-likeness (QED) is 0.472. The highest BCUT2D eigenvalue weighted by molar-refractivity contribution is 5.85. The van der Waals surface area contributed by atoms with E-state index < -0.39 is 5.97 Å². The van der Waals surface area contributed by atoms with E-state index in [1.54, 1.807) is 13.1 Å². The van der Waals surface area contributed by atoms with E-state index in [-0.39, 0.29) is 0 Å². The lowest BCUT2D eigenvalue weighted by atomic mass is 10.2. The minimum atomic E-state index is -0.860. The zero-order valence-electron chi connectivity index (χ0n) is 8.47. The molecule has 0 bridgehead atoms. The van der Waals surface area contributed by atoms with Crippen molar-refractivity contribution in [3.63, 3.8) is 0 Å². The molecule has 13 heavy (non-hydrogen) atoms. The first kappa shape index (κ1) is 12.0. The predicted molar refractivity (Wildman–Crippen MR) is 53.5 cm³/mol. The Balaban J connectivity index is 3.34. The number of hydrogen-bond acceptors (Lipinski definition) is 2. The highest BCUT2D eigenvalue weighted by atomic mass is 16.4. The van der Waals surface area contributed by atoms with Gasteiger partial charge in [0.25, 0.3) is 0 Å². The highest BCUT2D eigenvalue weighted by Gasteiger charge is 1.96. The summed E-state index contributed by atoms with van der Waals surface area (Å²) in [5.74, 6) is -0.860. The highest BCUT2D eigenvalue weighted by Crippen LogP contribution is 1.97. The summed E-state index contributed by atoms with van der Waals surface area (Å²) in [6.07, 6.45) is 6.36. The summed E-state index contributed by atoms with van der Waals surface area (Å²) in [7, 11) is 0. The van der Waals surface area contributed by atoms with Crippen LogP contribution in [0.5, 0.6) is 0 Å². The minimum Gasteiger partial charge on any atom is -0.478 e. The molecule has 0 aromatic rings. The van der Waals surface area contributed by atoms with Crippen molar-refractivity contribution in [2.45, 2.75) is 39.5 Å². The van der Waals surface area contributed by atoms with Gasteiger partial charge in [-0.25, -0.2) is 4.79 Å². The van der Waals surface area contributed by atoms with Crippen LogP contribution in [0.1, 0.15) is 39.5 Å². The van der Waals surface area contributed by atoms with Crippen LogP contribution in [-0.2, 0) is 4.79 Å². The molecule has 76 valence electrons. The lowest BCUT2D eigenvalue weighted by Gasteiger charge is -2.00. The summed E-state index contributed by atoms with van der Waals surface area (Å²) in [5, 5.41) is 11.5. The van der Waals surface area contributed by atoms with E-state index in [1.165, 1.54) is 19.3 Å². The summed E-state index contributed by atoms with van der Waals surface area (Å²) in [5.41, 5.74) is 0.357. The summed E-state index contributed by atoms with van der Waals surface area (Å²) >= 11 is 0. The van der Waals surface area contributed by atoms with Gasteiger partial charge in [0.05, 0.1) is 0 Å². The van der Waals surface area contributed by atoms with Crippen molar-refractivity contribution in [2.75, 3.05) is 6.54 Å². The molecule has 0 amide bonds. The number of nitrogens with one attached hydrogen (secondary N) is 1. The molecule has 3 heteroatoms. The van der Waals surface area contributed by atoms with Crippen LogP contribution >= 0.6 is 0 Å². The topological polar surface area (TPSA) is 49.3 Å². The maximum atomic E-state index is 10.4. The first-order chi connectivity index (χ1) is 6.18. The van der Waals surface area contributed by atoms with Gasteiger partial charge in [0.1, 0.15) is 0 Å². The molecule has 0 aliphatic carbocycles. The molecule has 0 aromatic heterocycles. The summed E-state index contributed by atoms with van der Waals surface area (Å²) in [6.45, 7) is 4.62. The van der Waals surface area contributed by atoms with Gasteiger partial charge in [-0.2, -0.15) is 0 Å². The van der Waals surface area contributed by atoms with Crippen LogP contribution in [0.3, 0.4) is 0 Å². The Morgan fingerprint density at radius 3 is 2.62 bits per heavy atom. The molecule has 0 aliphatic rings. The molecule has 0 aromatic carbocycles. The summed E-state index contributed by atoms with van der Waals surface area (Å²) in [4.78, 5) is 10.4. The Labute approximate surface area is 79.8 Å². The molecule has 0 atom stereocenters. The van der Waals surface area contributed by atoms with Gasteiger partial charge in [-0.15, -0.1) is 0 Å². The Kier molecular flexibility index (Phi) is 7.07. The van der Waals surface area contributed by atoms with Gasteiger partial charge in [-0.3, -0.25) is 0 Å². The van der Waals surface area contributed by atoms with E-state index in [4.69, 9.17) is 5.11 Å². The van der Waals surface area contributed by atoms with Crippen molar-refractivity contribution in [2.24, 2.45) is 0 Å². The number of aliphatic carboxylic acids is 1. The molecular formula is C10H19NO2. The smallest absolute Gasteiger partial charge is 0.332 e. The van der Waals surface area contributed by atoms with E-state index in [0.29, 0.717) is 5.57 Å². The van der Waals surface area contributed by atoms with Crippen molar-refractivity contribution in [3.05, 3.63) is 11.8 Å². The van der Waals surface area contributed by atoms with Crippen LogP contribution < -0.4 is 5.32 Å². The molecule has 0 fully saturated rings. The zero-order valence-corrected chi connectivity index (χ0v) is 8.47. The van der Waals surface area contributed by atoms with Crippen molar-refractivity contribution in [3.8, 4) is 0 Å². The van der Waals surface area contributed by atoms with Crippen LogP contribution in [0.4, 0.5) is 0 Å². The fourth-order valence-electron chi connectivity index (χ4n) is 0.941. The molecular weight excluding hydrogens is 166 g/mol. The van der Waals surface area contributed by atoms with Crippen LogP contribution in [0, 0.1) is 0 Å². The molecule has 3 nitrogen and oxygen atoms in total. The van der Waals surface area contributed by atoms with E-state index in [1.807, 2.05) is 0 Å². The van der Waals surface area contributed by atoms with Crippen LogP contribution in [0.15, 0.2) is 11.8 Å². The lowest BCUT2D eigenvalue weighted by Crippen LogP contribution is -2.10. The fraction of sp³-hybridized carbons (Fsp3) is 0.700. The lowest BCUT2D eigenvalue weighted by molar-refractivity contribution is -0.132. The van der Waals surface area contributed by atoms with Gasteiger partial charge in [-0.05, 0) is 13.3 Å². The van der Waals surface area contributed by atoms with Gasteiger partial charge >= 0.3 is 5.97 Å².